The average Bonchev–Trinajstić information content (AvgIpc) is 3.33. The van der Waals surface area contributed by atoms with E-state index in [4.69, 9.17) is 0 Å². The molecule has 0 spiro atoms. The largest absolute Gasteiger partial charge is 0.368 e. The second-order valence-electron chi connectivity index (χ2n) is 7.60. The SMILES string of the molecule is Cc1c(Br)ccc(C(=O)Nc2ccc(N3CCN(C(=O)c4cccs4)CC3)cc2)c1C. The molecule has 2 amide bonds. The molecule has 0 saturated carbocycles. The summed E-state index contributed by atoms with van der Waals surface area (Å²) in [7, 11) is 0. The van der Waals surface area contributed by atoms with E-state index in [2.05, 4.69) is 26.1 Å². The first kappa shape index (κ1) is 21.6. The molecule has 3 aromatic rings. The van der Waals surface area contributed by atoms with E-state index in [1.54, 1.807) is 0 Å². The Hall–Kier alpha value is -2.64. The first-order valence-electron chi connectivity index (χ1n) is 10.2. The van der Waals surface area contributed by atoms with Crippen LogP contribution in [-0.2, 0) is 0 Å². The minimum atomic E-state index is -0.110. The van der Waals surface area contributed by atoms with E-state index in [0.717, 1.165) is 44.9 Å². The van der Waals surface area contributed by atoms with E-state index in [0.29, 0.717) is 18.7 Å². The number of halogens is 1. The Morgan fingerprint density at radius 2 is 1.65 bits per heavy atom. The average molecular weight is 498 g/mol. The lowest BCUT2D eigenvalue weighted by molar-refractivity contribution is 0.0751. The Labute approximate surface area is 194 Å². The predicted molar refractivity (Wildman–Crippen MR) is 130 cm³/mol. The zero-order chi connectivity index (χ0) is 22.0. The van der Waals surface area contributed by atoms with Crippen molar-refractivity contribution in [2.45, 2.75) is 13.8 Å². The zero-order valence-electron chi connectivity index (χ0n) is 17.5. The topological polar surface area (TPSA) is 52.7 Å². The third kappa shape index (κ3) is 4.67. The fourth-order valence-electron chi connectivity index (χ4n) is 3.71. The number of hydrogen-bond acceptors (Lipinski definition) is 4. The van der Waals surface area contributed by atoms with Gasteiger partial charge in [-0.2, -0.15) is 0 Å². The summed E-state index contributed by atoms with van der Waals surface area (Å²) >= 11 is 4.99. The Morgan fingerprint density at radius 3 is 2.29 bits per heavy atom. The van der Waals surface area contributed by atoms with Gasteiger partial charge in [0.2, 0.25) is 0 Å². The molecule has 1 saturated heterocycles. The number of thiophene rings is 1. The van der Waals surface area contributed by atoms with Crippen molar-refractivity contribution in [3.8, 4) is 0 Å². The van der Waals surface area contributed by atoms with Gasteiger partial charge >= 0.3 is 0 Å². The van der Waals surface area contributed by atoms with Gasteiger partial charge in [0.25, 0.3) is 11.8 Å². The summed E-state index contributed by atoms with van der Waals surface area (Å²) in [5.41, 5.74) is 4.58. The van der Waals surface area contributed by atoms with Crippen LogP contribution in [0.5, 0.6) is 0 Å². The van der Waals surface area contributed by atoms with Crippen LogP contribution in [-0.4, -0.2) is 42.9 Å². The second kappa shape index (κ2) is 9.24. The third-order valence-corrected chi connectivity index (χ3v) is 7.47. The molecule has 7 heteroatoms. The highest BCUT2D eigenvalue weighted by molar-refractivity contribution is 9.10. The monoisotopic (exact) mass is 497 g/mol. The second-order valence-corrected chi connectivity index (χ2v) is 9.40. The van der Waals surface area contributed by atoms with Crippen LogP contribution in [0, 0.1) is 13.8 Å². The smallest absolute Gasteiger partial charge is 0.264 e. The molecule has 0 radical (unpaired) electrons. The van der Waals surface area contributed by atoms with Gasteiger partial charge < -0.3 is 15.1 Å². The van der Waals surface area contributed by atoms with Crippen LogP contribution < -0.4 is 10.2 Å². The molecule has 1 N–H and O–H groups in total. The molecule has 0 unspecified atom stereocenters. The van der Waals surface area contributed by atoms with E-state index in [9.17, 15) is 9.59 Å². The van der Waals surface area contributed by atoms with Gasteiger partial charge in [-0.25, -0.2) is 0 Å². The van der Waals surface area contributed by atoms with Crippen molar-refractivity contribution in [1.82, 2.24) is 4.90 Å². The molecule has 0 bridgehead atoms. The summed E-state index contributed by atoms with van der Waals surface area (Å²) in [4.78, 5) is 30.2. The fraction of sp³-hybridized carbons (Fsp3) is 0.250. The number of nitrogens with one attached hydrogen (secondary N) is 1. The highest BCUT2D eigenvalue weighted by atomic mass is 79.9. The highest BCUT2D eigenvalue weighted by Crippen LogP contribution is 2.24. The van der Waals surface area contributed by atoms with Gasteiger partial charge in [-0.1, -0.05) is 22.0 Å². The molecule has 1 aliphatic rings. The number of amides is 2. The van der Waals surface area contributed by atoms with Crippen molar-refractivity contribution in [2.75, 3.05) is 36.4 Å². The highest BCUT2D eigenvalue weighted by Gasteiger charge is 2.23. The Balaban J connectivity index is 1.36. The minimum Gasteiger partial charge on any atom is -0.368 e. The number of rotatable bonds is 4. The number of nitrogens with zero attached hydrogens (tertiary/aromatic N) is 2. The zero-order valence-corrected chi connectivity index (χ0v) is 19.9. The van der Waals surface area contributed by atoms with Crippen LogP contribution in [0.1, 0.15) is 31.2 Å². The van der Waals surface area contributed by atoms with E-state index in [-0.39, 0.29) is 11.8 Å². The van der Waals surface area contributed by atoms with Crippen LogP contribution in [0.3, 0.4) is 0 Å². The first-order chi connectivity index (χ1) is 14.9. The van der Waals surface area contributed by atoms with Crippen molar-refractivity contribution < 1.29 is 9.59 Å². The lowest BCUT2D eigenvalue weighted by Crippen LogP contribution is -2.48. The van der Waals surface area contributed by atoms with Crippen LogP contribution in [0.15, 0.2) is 58.4 Å². The molecule has 1 fully saturated rings. The molecule has 160 valence electrons. The minimum absolute atomic E-state index is 0.110. The number of anilines is 2. The molecular formula is C24H24BrN3O2S. The van der Waals surface area contributed by atoms with E-state index in [1.807, 2.05) is 72.7 Å². The standard InChI is InChI=1S/C24H24BrN3O2S/c1-16-17(2)21(25)10-9-20(16)23(29)26-18-5-7-19(8-6-18)27-11-13-28(14-12-27)24(30)22-4-3-15-31-22/h3-10,15H,11-14H2,1-2H3,(H,26,29). The van der Waals surface area contributed by atoms with Gasteiger partial charge in [0.1, 0.15) is 0 Å². The number of piperazine rings is 1. The van der Waals surface area contributed by atoms with E-state index >= 15 is 0 Å². The van der Waals surface area contributed by atoms with Crippen molar-refractivity contribution >= 4 is 50.5 Å². The van der Waals surface area contributed by atoms with Gasteiger partial charge in [-0.05, 0) is 72.8 Å². The van der Waals surface area contributed by atoms with Gasteiger partial charge in [0.15, 0.2) is 0 Å². The lowest BCUT2D eigenvalue weighted by atomic mass is 10.0. The molecule has 0 atom stereocenters. The molecule has 31 heavy (non-hydrogen) atoms. The summed E-state index contributed by atoms with van der Waals surface area (Å²) < 4.78 is 1.00. The summed E-state index contributed by atoms with van der Waals surface area (Å²) in [5, 5.41) is 4.92. The molecule has 0 aliphatic carbocycles. The maximum atomic E-state index is 12.7. The van der Waals surface area contributed by atoms with Gasteiger partial charge in [-0.3, -0.25) is 9.59 Å². The summed E-state index contributed by atoms with van der Waals surface area (Å²) in [6.07, 6.45) is 0. The van der Waals surface area contributed by atoms with Crippen molar-refractivity contribution in [3.05, 3.63) is 80.0 Å². The maximum absolute atomic E-state index is 12.7. The number of hydrogen-bond donors (Lipinski definition) is 1. The Kier molecular flexibility index (Phi) is 6.43. The van der Waals surface area contributed by atoms with E-state index in [1.165, 1.54) is 11.3 Å². The lowest BCUT2D eigenvalue weighted by Gasteiger charge is -2.36. The first-order valence-corrected chi connectivity index (χ1v) is 11.9. The predicted octanol–water partition coefficient (Wildman–Crippen LogP) is 5.34. The molecule has 2 aromatic carbocycles. The quantitative estimate of drug-likeness (QED) is 0.528. The molecular weight excluding hydrogens is 474 g/mol. The normalized spacial score (nSPS) is 13.9. The van der Waals surface area contributed by atoms with E-state index < -0.39 is 0 Å². The summed E-state index contributed by atoms with van der Waals surface area (Å²) in [6, 6.07) is 15.4. The van der Waals surface area contributed by atoms with Crippen molar-refractivity contribution in [2.24, 2.45) is 0 Å². The number of benzene rings is 2. The Bertz CT molecular complexity index is 1090. The summed E-state index contributed by atoms with van der Waals surface area (Å²) in [6.45, 7) is 6.95. The van der Waals surface area contributed by atoms with Gasteiger partial charge in [0.05, 0.1) is 4.88 Å². The van der Waals surface area contributed by atoms with Crippen LogP contribution in [0.25, 0.3) is 0 Å². The van der Waals surface area contributed by atoms with Gasteiger partial charge in [0, 0.05) is 47.6 Å². The summed E-state index contributed by atoms with van der Waals surface area (Å²) in [5.74, 6) is 0.00716. The van der Waals surface area contributed by atoms with Crippen LogP contribution in [0.2, 0.25) is 0 Å². The van der Waals surface area contributed by atoms with Crippen molar-refractivity contribution in [1.29, 1.82) is 0 Å². The number of carbonyl (C=O) groups is 2. The molecule has 4 rings (SSSR count). The molecule has 2 heterocycles. The molecule has 1 aliphatic heterocycles. The fourth-order valence-corrected chi connectivity index (χ4v) is 4.83. The van der Waals surface area contributed by atoms with Crippen LogP contribution in [0.4, 0.5) is 11.4 Å². The van der Waals surface area contributed by atoms with Gasteiger partial charge in [-0.15, -0.1) is 11.3 Å². The maximum Gasteiger partial charge on any atom is 0.264 e. The number of carbonyl (C=O) groups excluding carboxylic acids is 2. The Morgan fingerprint density at radius 1 is 0.935 bits per heavy atom. The van der Waals surface area contributed by atoms with Crippen molar-refractivity contribution in [3.63, 3.8) is 0 Å². The third-order valence-electron chi connectivity index (χ3n) is 5.75. The van der Waals surface area contributed by atoms with Crippen LogP contribution >= 0.6 is 27.3 Å². The molecule has 5 nitrogen and oxygen atoms in total. The molecule has 1 aromatic heterocycles.